The third-order valence-corrected chi connectivity index (χ3v) is 5.32. The van der Waals surface area contributed by atoms with Crippen LogP contribution in [0.5, 0.6) is 0 Å². The van der Waals surface area contributed by atoms with Crippen LogP contribution in [0.3, 0.4) is 0 Å². The van der Waals surface area contributed by atoms with Gasteiger partial charge in [-0.3, -0.25) is 4.90 Å². The van der Waals surface area contributed by atoms with Crippen LogP contribution in [0, 0.1) is 0 Å². The molecular formula is C15H24N2S. The Balaban J connectivity index is 1.59. The molecule has 1 saturated carbocycles. The third-order valence-electron chi connectivity index (χ3n) is 4.11. The number of nitrogens with zero attached hydrogens (tertiary/aromatic N) is 1. The first-order chi connectivity index (χ1) is 8.85. The Bertz CT molecular complexity index is 378. The molecule has 2 aliphatic rings. The molecule has 0 radical (unpaired) electrons. The van der Waals surface area contributed by atoms with Crippen molar-refractivity contribution in [1.82, 2.24) is 10.2 Å². The molecule has 0 bridgehead atoms. The molecule has 1 N–H and O–H groups in total. The second kappa shape index (κ2) is 5.72. The molecule has 0 aromatic carbocycles. The summed E-state index contributed by atoms with van der Waals surface area (Å²) in [5.74, 6) is 0. The third kappa shape index (κ3) is 3.14. The Kier molecular flexibility index (Phi) is 4.02. The SMILES string of the molecule is CCc1ccc(CN(CC2CCCN2)C2CC2)s1. The largest absolute Gasteiger partial charge is 0.313 e. The van der Waals surface area contributed by atoms with E-state index in [1.165, 1.54) is 56.6 Å². The van der Waals surface area contributed by atoms with Gasteiger partial charge in [0, 0.05) is 34.9 Å². The minimum Gasteiger partial charge on any atom is -0.313 e. The molecule has 1 aromatic heterocycles. The van der Waals surface area contributed by atoms with E-state index in [1.54, 1.807) is 4.88 Å². The lowest BCUT2D eigenvalue weighted by atomic mass is 10.2. The maximum atomic E-state index is 3.63. The Hall–Kier alpha value is -0.380. The van der Waals surface area contributed by atoms with E-state index in [9.17, 15) is 0 Å². The van der Waals surface area contributed by atoms with Crippen molar-refractivity contribution in [1.29, 1.82) is 0 Å². The van der Waals surface area contributed by atoms with E-state index in [-0.39, 0.29) is 0 Å². The van der Waals surface area contributed by atoms with Crippen LogP contribution >= 0.6 is 11.3 Å². The molecule has 1 aromatic rings. The van der Waals surface area contributed by atoms with E-state index in [0.29, 0.717) is 0 Å². The van der Waals surface area contributed by atoms with Crippen LogP contribution in [0.4, 0.5) is 0 Å². The van der Waals surface area contributed by atoms with Crippen molar-refractivity contribution < 1.29 is 0 Å². The zero-order valence-electron chi connectivity index (χ0n) is 11.3. The lowest BCUT2D eigenvalue weighted by molar-refractivity contribution is 0.233. The first kappa shape index (κ1) is 12.6. The summed E-state index contributed by atoms with van der Waals surface area (Å²) in [6.07, 6.45) is 6.74. The van der Waals surface area contributed by atoms with Crippen LogP contribution in [-0.4, -0.2) is 30.1 Å². The molecule has 0 amide bonds. The highest BCUT2D eigenvalue weighted by atomic mass is 32.1. The molecular weight excluding hydrogens is 240 g/mol. The highest BCUT2D eigenvalue weighted by Crippen LogP contribution is 2.30. The number of hydrogen-bond donors (Lipinski definition) is 1. The minimum atomic E-state index is 0.746. The highest BCUT2D eigenvalue weighted by molar-refractivity contribution is 7.11. The fourth-order valence-corrected chi connectivity index (χ4v) is 3.86. The fourth-order valence-electron chi connectivity index (χ4n) is 2.88. The van der Waals surface area contributed by atoms with Gasteiger partial charge >= 0.3 is 0 Å². The van der Waals surface area contributed by atoms with E-state index in [0.717, 1.165) is 12.1 Å². The Morgan fingerprint density at radius 2 is 2.11 bits per heavy atom. The van der Waals surface area contributed by atoms with Gasteiger partial charge in [0.15, 0.2) is 0 Å². The average Bonchev–Trinajstić information content (AvgIpc) is 2.92. The van der Waals surface area contributed by atoms with E-state index in [2.05, 4.69) is 29.3 Å². The zero-order valence-corrected chi connectivity index (χ0v) is 12.1. The van der Waals surface area contributed by atoms with Crippen LogP contribution < -0.4 is 5.32 Å². The molecule has 3 rings (SSSR count). The van der Waals surface area contributed by atoms with Crippen molar-refractivity contribution in [3.05, 3.63) is 21.9 Å². The number of nitrogens with one attached hydrogen (secondary N) is 1. The van der Waals surface area contributed by atoms with Crippen LogP contribution in [-0.2, 0) is 13.0 Å². The molecule has 100 valence electrons. The predicted molar refractivity (Wildman–Crippen MR) is 78.2 cm³/mol. The first-order valence-electron chi connectivity index (χ1n) is 7.40. The topological polar surface area (TPSA) is 15.3 Å². The normalized spacial score (nSPS) is 24.0. The summed E-state index contributed by atoms with van der Waals surface area (Å²) in [5, 5.41) is 3.63. The molecule has 3 heteroatoms. The molecule has 18 heavy (non-hydrogen) atoms. The van der Waals surface area contributed by atoms with E-state index in [4.69, 9.17) is 0 Å². The molecule has 1 saturated heterocycles. The van der Waals surface area contributed by atoms with E-state index >= 15 is 0 Å². The van der Waals surface area contributed by atoms with Crippen LogP contribution in [0.15, 0.2) is 12.1 Å². The molecule has 2 fully saturated rings. The van der Waals surface area contributed by atoms with E-state index < -0.39 is 0 Å². The van der Waals surface area contributed by atoms with Crippen molar-refractivity contribution in [3.63, 3.8) is 0 Å². The average molecular weight is 264 g/mol. The molecule has 0 spiro atoms. The van der Waals surface area contributed by atoms with Gasteiger partial charge in [0.1, 0.15) is 0 Å². The maximum absolute atomic E-state index is 3.63. The standard InChI is InChI=1S/C15H24N2S/c1-2-14-7-8-15(18-14)11-17(13-5-6-13)10-12-4-3-9-16-12/h7-8,12-13,16H,2-6,9-11H2,1H3. The summed E-state index contributed by atoms with van der Waals surface area (Å²) in [7, 11) is 0. The maximum Gasteiger partial charge on any atom is 0.0331 e. The molecule has 1 aliphatic heterocycles. The molecule has 2 heterocycles. The summed E-state index contributed by atoms with van der Waals surface area (Å²) in [4.78, 5) is 5.80. The minimum absolute atomic E-state index is 0.746. The Labute approximate surface area is 114 Å². The summed E-state index contributed by atoms with van der Waals surface area (Å²) < 4.78 is 0. The van der Waals surface area contributed by atoms with Crippen molar-refractivity contribution in [2.45, 2.75) is 57.7 Å². The fraction of sp³-hybridized carbons (Fsp3) is 0.733. The van der Waals surface area contributed by atoms with Crippen molar-refractivity contribution in [3.8, 4) is 0 Å². The predicted octanol–water partition coefficient (Wildman–Crippen LogP) is 3.03. The lowest BCUT2D eigenvalue weighted by Crippen LogP contribution is -2.38. The quantitative estimate of drug-likeness (QED) is 0.849. The van der Waals surface area contributed by atoms with Gasteiger partial charge in [0.25, 0.3) is 0 Å². The number of rotatable bonds is 6. The molecule has 1 aliphatic carbocycles. The second-order valence-electron chi connectivity index (χ2n) is 5.68. The van der Waals surface area contributed by atoms with Crippen molar-refractivity contribution >= 4 is 11.3 Å². The summed E-state index contributed by atoms with van der Waals surface area (Å²) in [6.45, 7) is 5.90. The molecule has 1 unspecified atom stereocenters. The summed E-state index contributed by atoms with van der Waals surface area (Å²) >= 11 is 2.00. The van der Waals surface area contributed by atoms with Gasteiger partial charge in [-0.2, -0.15) is 0 Å². The van der Waals surface area contributed by atoms with Gasteiger partial charge in [-0.15, -0.1) is 11.3 Å². The van der Waals surface area contributed by atoms with Crippen LogP contribution in [0.2, 0.25) is 0 Å². The van der Waals surface area contributed by atoms with Crippen LogP contribution in [0.25, 0.3) is 0 Å². The second-order valence-corrected chi connectivity index (χ2v) is 6.93. The van der Waals surface area contributed by atoms with Gasteiger partial charge in [0.2, 0.25) is 0 Å². The van der Waals surface area contributed by atoms with Crippen LogP contribution in [0.1, 0.15) is 42.4 Å². The molecule has 1 atom stereocenters. The number of thiophene rings is 1. The first-order valence-corrected chi connectivity index (χ1v) is 8.22. The summed E-state index contributed by atoms with van der Waals surface area (Å²) in [5.41, 5.74) is 0. The monoisotopic (exact) mass is 264 g/mol. The Morgan fingerprint density at radius 3 is 2.72 bits per heavy atom. The number of aryl methyl sites for hydroxylation is 1. The van der Waals surface area contributed by atoms with E-state index in [1.807, 2.05) is 11.3 Å². The van der Waals surface area contributed by atoms with Gasteiger partial charge in [0.05, 0.1) is 0 Å². The number of hydrogen-bond acceptors (Lipinski definition) is 3. The van der Waals surface area contributed by atoms with Crippen molar-refractivity contribution in [2.24, 2.45) is 0 Å². The Morgan fingerprint density at radius 1 is 1.28 bits per heavy atom. The van der Waals surface area contributed by atoms with Gasteiger partial charge in [-0.25, -0.2) is 0 Å². The summed E-state index contributed by atoms with van der Waals surface area (Å²) in [6, 6.07) is 6.26. The van der Waals surface area contributed by atoms with Gasteiger partial charge in [-0.05, 0) is 50.8 Å². The lowest BCUT2D eigenvalue weighted by Gasteiger charge is -2.25. The van der Waals surface area contributed by atoms with Gasteiger partial charge < -0.3 is 5.32 Å². The molecule has 2 nitrogen and oxygen atoms in total. The van der Waals surface area contributed by atoms with Gasteiger partial charge in [-0.1, -0.05) is 6.92 Å². The zero-order chi connectivity index (χ0) is 12.4. The smallest absolute Gasteiger partial charge is 0.0331 e. The highest BCUT2D eigenvalue weighted by Gasteiger charge is 2.31. The van der Waals surface area contributed by atoms with Crippen molar-refractivity contribution in [2.75, 3.05) is 13.1 Å².